The minimum absolute atomic E-state index is 0.0167. The molecule has 0 unspecified atom stereocenters. The first-order chi connectivity index (χ1) is 20.7. The number of hydrogen-bond acceptors (Lipinski definition) is 8. The van der Waals surface area contributed by atoms with Gasteiger partial charge in [0.25, 0.3) is 0 Å². The van der Waals surface area contributed by atoms with Gasteiger partial charge in [-0.2, -0.15) is 0 Å². The Morgan fingerprint density at radius 1 is 1.02 bits per heavy atom. The van der Waals surface area contributed by atoms with Gasteiger partial charge in [0, 0.05) is 26.2 Å². The highest BCUT2D eigenvalue weighted by Crippen LogP contribution is 2.21. The second kappa shape index (κ2) is 19.5. The van der Waals surface area contributed by atoms with E-state index in [4.69, 9.17) is 25.7 Å². The molecule has 4 amide bonds. The van der Waals surface area contributed by atoms with Crippen LogP contribution in [0.25, 0.3) is 0 Å². The largest absolute Gasteiger partial charge is 0.444 e. The summed E-state index contributed by atoms with van der Waals surface area (Å²) in [6.07, 6.45) is 3.10. The van der Waals surface area contributed by atoms with E-state index >= 15 is 0 Å². The summed E-state index contributed by atoms with van der Waals surface area (Å²) in [4.78, 5) is 56.5. The lowest BCUT2D eigenvalue weighted by Crippen LogP contribution is -2.55. The molecule has 2 rings (SSSR count). The number of amides is 4. The number of carbonyl (C=O) groups is 4. The molecule has 0 aliphatic carbocycles. The average Bonchev–Trinajstić information content (AvgIpc) is 3.38. The Bertz CT molecular complexity index is 1040. The van der Waals surface area contributed by atoms with Crippen LogP contribution in [0.5, 0.6) is 0 Å². The Kier molecular flexibility index (Phi) is 16.1. The number of imide groups is 1. The summed E-state index contributed by atoms with van der Waals surface area (Å²) < 4.78 is 17.3. The van der Waals surface area contributed by atoms with Gasteiger partial charge in [0.05, 0.1) is 6.04 Å². The summed E-state index contributed by atoms with van der Waals surface area (Å²) in [6.45, 7) is 6.89. The van der Waals surface area contributed by atoms with Crippen LogP contribution in [0.3, 0.4) is 0 Å². The number of nitrogens with two attached hydrogens (primary N) is 2. The predicted molar refractivity (Wildman–Crippen MR) is 161 cm³/mol. The molecule has 43 heavy (non-hydrogen) atoms. The van der Waals surface area contributed by atoms with Gasteiger partial charge < -0.3 is 36.3 Å². The van der Waals surface area contributed by atoms with E-state index in [1.54, 1.807) is 24.3 Å². The predicted octanol–water partition coefficient (Wildman–Crippen LogP) is 2.32. The molecule has 0 saturated carbocycles. The van der Waals surface area contributed by atoms with E-state index in [9.17, 15) is 19.2 Å². The molecule has 1 fully saturated rings. The number of carbonyl (C=O) groups excluding carboxylic acids is 4. The van der Waals surface area contributed by atoms with E-state index in [2.05, 4.69) is 29.5 Å². The van der Waals surface area contributed by atoms with E-state index < -0.39 is 48.2 Å². The first-order valence-corrected chi connectivity index (χ1v) is 15.1. The zero-order valence-electron chi connectivity index (χ0n) is 25.6. The highest BCUT2D eigenvalue weighted by molar-refractivity contribution is 6.01. The maximum atomic E-state index is 13.3. The van der Waals surface area contributed by atoms with Gasteiger partial charge in [-0.05, 0) is 44.6 Å². The molecule has 1 aromatic carbocycles. The normalized spacial score (nSPS) is 16.0. The lowest BCUT2D eigenvalue weighted by Gasteiger charge is -2.30. The van der Waals surface area contributed by atoms with Crippen molar-refractivity contribution in [2.24, 2.45) is 16.5 Å². The topological polar surface area (TPSA) is 188 Å². The number of hydrogen-bond donors (Lipinski definition) is 4. The molecule has 6 N–H and O–H groups in total. The molecular weight excluding hydrogens is 556 g/mol. The van der Waals surface area contributed by atoms with Gasteiger partial charge in [-0.15, -0.1) is 0 Å². The van der Waals surface area contributed by atoms with Crippen molar-refractivity contribution in [1.82, 2.24) is 15.5 Å². The summed E-state index contributed by atoms with van der Waals surface area (Å²) >= 11 is 0. The lowest BCUT2D eigenvalue weighted by molar-refractivity contribution is -0.165. The SMILES string of the molecule is CCCCOC(OCCCC)[C@H](CCCN=C(N)N)NC(=O)[C@H](C)NC(=O)[C@H]1CCC(=O)N1C(=O)OCc1ccccc1. The fraction of sp³-hybridized carbons (Fsp3) is 0.633. The van der Waals surface area contributed by atoms with Crippen molar-refractivity contribution < 1.29 is 33.4 Å². The van der Waals surface area contributed by atoms with Gasteiger partial charge >= 0.3 is 6.09 Å². The third-order valence-corrected chi connectivity index (χ3v) is 6.85. The molecule has 1 aliphatic heterocycles. The van der Waals surface area contributed by atoms with Gasteiger partial charge in [-0.25, -0.2) is 9.69 Å². The van der Waals surface area contributed by atoms with Crippen LogP contribution in [0.2, 0.25) is 0 Å². The Balaban J connectivity index is 2.05. The van der Waals surface area contributed by atoms with Crippen LogP contribution >= 0.6 is 0 Å². The van der Waals surface area contributed by atoms with Gasteiger partial charge in [0.2, 0.25) is 17.7 Å². The molecule has 1 heterocycles. The fourth-order valence-corrected chi connectivity index (χ4v) is 4.40. The molecule has 0 aromatic heterocycles. The van der Waals surface area contributed by atoms with Crippen molar-refractivity contribution in [3.63, 3.8) is 0 Å². The number of guanidine groups is 1. The van der Waals surface area contributed by atoms with E-state index in [0.29, 0.717) is 32.6 Å². The Hall–Kier alpha value is -3.71. The van der Waals surface area contributed by atoms with Crippen molar-refractivity contribution >= 4 is 29.8 Å². The number of aliphatic imine (C=N–C) groups is 1. The first-order valence-electron chi connectivity index (χ1n) is 15.1. The molecule has 3 atom stereocenters. The van der Waals surface area contributed by atoms with E-state index in [1.165, 1.54) is 6.92 Å². The smallest absolute Gasteiger partial charge is 0.417 e. The molecule has 0 radical (unpaired) electrons. The number of unbranched alkanes of at least 4 members (excludes halogenated alkanes) is 2. The fourth-order valence-electron chi connectivity index (χ4n) is 4.40. The summed E-state index contributed by atoms with van der Waals surface area (Å²) in [5.41, 5.74) is 11.6. The maximum Gasteiger partial charge on any atom is 0.417 e. The molecular formula is C30H48N6O7. The van der Waals surface area contributed by atoms with Crippen molar-refractivity contribution in [2.75, 3.05) is 19.8 Å². The minimum atomic E-state index is -1.08. The molecule has 240 valence electrons. The molecule has 1 saturated heterocycles. The highest BCUT2D eigenvalue weighted by Gasteiger charge is 2.42. The quantitative estimate of drug-likeness (QED) is 0.0795. The van der Waals surface area contributed by atoms with Gasteiger partial charge in [0.1, 0.15) is 18.7 Å². The number of benzene rings is 1. The average molecular weight is 605 g/mol. The van der Waals surface area contributed by atoms with E-state index in [-0.39, 0.29) is 25.4 Å². The van der Waals surface area contributed by atoms with Crippen LogP contribution in [0.15, 0.2) is 35.3 Å². The molecule has 1 aliphatic rings. The molecule has 0 spiro atoms. The van der Waals surface area contributed by atoms with E-state index in [1.807, 2.05) is 6.07 Å². The van der Waals surface area contributed by atoms with Crippen molar-refractivity contribution in [3.8, 4) is 0 Å². The Morgan fingerprint density at radius 2 is 1.67 bits per heavy atom. The van der Waals surface area contributed by atoms with Crippen LogP contribution in [0, 0.1) is 0 Å². The van der Waals surface area contributed by atoms with Crippen LogP contribution in [-0.4, -0.2) is 78.8 Å². The summed E-state index contributed by atoms with van der Waals surface area (Å²) in [5.74, 6) is -1.61. The van der Waals surface area contributed by atoms with Crippen molar-refractivity contribution in [1.29, 1.82) is 0 Å². The van der Waals surface area contributed by atoms with Crippen LogP contribution < -0.4 is 22.1 Å². The van der Waals surface area contributed by atoms with Crippen molar-refractivity contribution in [3.05, 3.63) is 35.9 Å². The second-order valence-electron chi connectivity index (χ2n) is 10.5. The highest BCUT2D eigenvalue weighted by atomic mass is 16.7. The van der Waals surface area contributed by atoms with E-state index in [0.717, 1.165) is 36.1 Å². The van der Waals surface area contributed by atoms with Gasteiger partial charge in [0.15, 0.2) is 12.2 Å². The van der Waals surface area contributed by atoms with Crippen LogP contribution in [-0.2, 0) is 35.2 Å². The minimum Gasteiger partial charge on any atom is -0.444 e. The summed E-state index contributed by atoms with van der Waals surface area (Å²) in [7, 11) is 0. The first kappa shape index (κ1) is 35.5. The molecule has 13 nitrogen and oxygen atoms in total. The second-order valence-corrected chi connectivity index (χ2v) is 10.5. The zero-order valence-corrected chi connectivity index (χ0v) is 25.6. The van der Waals surface area contributed by atoms with Crippen molar-refractivity contribution in [2.45, 2.75) is 103 Å². The third kappa shape index (κ3) is 12.6. The summed E-state index contributed by atoms with van der Waals surface area (Å²) in [6, 6.07) is 6.42. The van der Waals surface area contributed by atoms with Gasteiger partial charge in [-0.3, -0.25) is 19.4 Å². The number of likely N-dealkylation sites (tertiary alicyclic amines) is 1. The molecule has 1 aromatic rings. The Labute approximate surface area is 254 Å². The number of ether oxygens (including phenoxy) is 3. The Morgan fingerprint density at radius 3 is 2.28 bits per heavy atom. The number of nitrogens with one attached hydrogen (secondary N) is 2. The zero-order chi connectivity index (χ0) is 31.6. The summed E-state index contributed by atoms with van der Waals surface area (Å²) in [5, 5.41) is 5.59. The van der Waals surface area contributed by atoms with Crippen LogP contribution in [0.1, 0.15) is 77.7 Å². The monoisotopic (exact) mass is 604 g/mol. The lowest BCUT2D eigenvalue weighted by atomic mass is 10.1. The molecule has 13 heteroatoms. The number of rotatable bonds is 19. The maximum absolute atomic E-state index is 13.3. The molecule has 0 bridgehead atoms. The van der Waals surface area contributed by atoms with Crippen LogP contribution in [0.4, 0.5) is 4.79 Å². The number of nitrogens with zero attached hydrogens (tertiary/aromatic N) is 2. The third-order valence-electron chi connectivity index (χ3n) is 6.85. The standard InChI is InChI=1S/C30H48N6O7/c1-4-6-18-41-28(42-19-7-5-2)23(14-11-17-33-29(31)32)35-26(38)21(3)34-27(39)24-15-16-25(37)36(24)30(40)43-20-22-12-9-8-10-13-22/h8-10,12-13,21,23-24,28H,4-7,11,14-20H2,1-3H3,(H,34,39)(H,35,38)(H4,31,32,33)/t21-,23-,24+/m0/s1. The van der Waals surface area contributed by atoms with Gasteiger partial charge in [-0.1, -0.05) is 57.0 Å².